The largest absolute Gasteiger partial charge is 0.495 e. The second kappa shape index (κ2) is 9.05. The van der Waals surface area contributed by atoms with Gasteiger partial charge >= 0.3 is 5.97 Å². The van der Waals surface area contributed by atoms with Crippen molar-refractivity contribution in [1.82, 2.24) is 0 Å². The number of anilines is 2. The van der Waals surface area contributed by atoms with E-state index < -0.39 is 18.5 Å². The summed E-state index contributed by atoms with van der Waals surface area (Å²) in [5.74, 6) is -2.02. The van der Waals surface area contributed by atoms with E-state index in [1.807, 2.05) is 12.2 Å². The van der Waals surface area contributed by atoms with Crippen LogP contribution in [0.2, 0.25) is 0 Å². The Bertz CT molecular complexity index is 1080. The first kappa shape index (κ1) is 21.3. The number of nitrogens with one attached hydrogen (secondary N) is 1. The van der Waals surface area contributed by atoms with Gasteiger partial charge in [0.05, 0.1) is 35.9 Å². The molecular weight excluding hydrogens is 412 g/mol. The fraction of sp³-hybridized carbons (Fsp3) is 0.250. The molecule has 2 aliphatic rings. The molecule has 0 bridgehead atoms. The van der Waals surface area contributed by atoms with E-state index in [2.05, 4.69) is 5.32 Å². The number of hydrogen-bond donors (Lipinski definition) is 1. The van der Waals surface area contributed by atoms with E-state index in [9.17, 15) is 19.2 Å². The summed E-state index contributed by atoms with van der Waals surface area (Å²) in [6.07, 6.45) is 4.91. The van der Waals surface area contributed by atoms with Gasteiger partial charge in [0.1, 0.15) is 5.75 Å². The lowest BCUT2D eigenvalue weighted by molar-refractivity contribution is -0.122. The van der Waals surface area contributed by atoms with Crippen molar-refractivity contribution >= 4 is 35.1 Å². The van der Waals surface area contributed by atoms with Crippen LogP contribution in [-0.4, -0.2) is 37.4 Å². The lowest BCUT2D eigenvalue weighted by Crippen LogP contribution is -2.31. The number of carbonyl (C=O) groups excluding carboxylic acids is 4. The Balaban J connectivity index is 1.41. The van der Waals surface area contributed by atoms with Gasteiger partial charge in [-0.1, -0.05) is 30.4 Å². The van der Waals surface area contributed by atoms with E-state index in [1.165, 1.54) is 19.2 Å². The van der Waals surface area contributed by atoms with Crippen molar-refractivity contribution in [3.05, 3.63) is 66.2 Å². The van der Waals surface area contributed by atoms with Crippen LogP contribution in [0.25, 0.3) is 0 Å². The first-order chi connectivity index (χ1) is 15.5. The highest BCUT2D eigenvalue weighted by atomic mass is 16.5. The Morgan fingerprint density at radius 3 is 2.38 bits per heavy atom. The van der Waals surface area contributed by atoms with Crippen LogP contribution in [0.1, 0.15) is 23.2 Å². The van der Waals surface area contributed by atoms with Gasteiger partial charge in [0, 0.05) is 0 Å². The van der Waals surface area contributed by atoms with E-state index in [-0.39, 0.29) is 29.2 Å². The van der Waals surface area contributed by atoms with Crippen molar-refractivity contribution in [2.45, 2.75) is 12.8 Å². The van der Waals surface area contributed by atoms with Gasteiger partial charge in [-0.05, 0) is 43.2 Å². The van der Waals surface area contributed by atoms with Crippen LogP contribution in [0.3, 0.4) is 0 Å². The van der Waals surface area contributed by atoms with E-state index in [4.69, 9.17) is 9.47 Å². The van der Waals surface area contributed by atoms with Crippen molar-refractivity contribution in [2.75, 3.05) is 23.9 Å². The summed E-state index contributed by atoms with van der Waals surface area (Å²) in [6.45, 7) is -0.501. The third kappa shape index (κ3) is 4.12. The second-order valence-electron chi connectivity index (χ2n) is 7.54. The van der Waals surface area contributed by atoms with Gasteiger partial charge < -0.3 is 14.8 Å². The monoisotopic (exact) mass is 434 g/mol. The molecule has 2 atom stereocenters. The van der Waals surface area contributed by atoms with Crippen molar-refractivity contribution in [2.24, 2.45) is 11.8 Å². The zero-order chi connectivity index (χ0) is 22.7. The number of nitrogens with zero attached hydrogens (tertiary/aromatic N) is 1. The lowest BCUT2D eigenvalue weighted by Gasteiger charge is -2.15. The number of allylic oxidation sites excluding steroid dienone is 2. The number of carbonyl (C=O) groups is 4. The van der Waals surface area contributed by atoms with E-state index >= 15 is 0 Å². The fourth-order valence-corrected chi connectivity index (χ4v) is 3.98. The molecule has 164 valence electrons. The number of amides is 3. The molecule has 8 heteroatoms. The first-order valence-corrected chi connectivity index (χ1v) is 10.2. The average molecular weight is 434 g/mol. The topological polar surface area (TPSA) is 102 Å². The molecule has 0 spiro atoms. The molecule has 1 saturated heterocycles. The number of esters is 1. The highest BCUT2D eigenvalue weighted by Gasteiger charge is 2.47. The zero-order valence-corrected chi connectivity index (χ0v) is 17.4. The minimum absolute atomic E-state index is 0.140. The maximum atomic E-state index is 12.8. The summed E-state index contributed by atoms with van der Waals surface area (Å²) in [5.41, 5.74) is 0.920. The molecular formula is C24H22N2O6. The van der Waals surface area contributed by atoms with Gasteiger partial charge in [-0.2, -0.15) is 0 Å². The Hall–Kier alpha value is -3.94. The van der Waals surface area contributed by atoms with Crippen molar-refractivity contribution < 1.29 is 28.7 Å². The van der Waals surface area contributed by atoms with Gasteiger partial charge in [0.25, 0.3) is 5.91 Å². The molecule has 2 aromatic carbocycles. The summed E-state index contributed by atoms with van der Waals surface area (Å²) in [4.78, 5) is 51.3. The molecule has 2 aromatic rings. The Kier molecular flexibility index (Phi) is 6.02. The second-order valence-corrected chi connectivity index (χ2v) is 7.54. The van der Waals surface area contributed by atoms with Crippen LogP contribution in [0, 0.1) is 11.8 Å². The molecule has 1 aliphatic carbocycles. The molecule has 0 unspecified atom stereocenters. The number of rotatable bonds is 6. The third-order valence-electron chi connectivity index (χ3n) is 5.56. The summed E-state index contributed by atoms with van der Waals surface area (Å²) in [6, 6.07) is 13.0. The van der Waals surface area contributed by atoms with Crippen LogP contribution >= 0.6 is 0 Å². The van der Waals surface area contributed by atoms with Crippen LogP contribution in [-0.2, 0) is 19.1 Å². The average Bonchev–Trinajstić information content (AvgIpc) is 3.08. The van der Waals surface area contributed by atoms with E-state index in [1.54, 1.807) is 36.4 Å². The van der Waals surface area contributed by atoms with Gasteiger partial charge in [-0.3, -0.25) is 19.3 Å². The molecule has 0 saturated carbocycles. The lowest BCUT2D eigenvalue weighted by atomic mass is 9.85. The highest BCUT2D eigenvalue weighted by molar-refractivity contribution is 6.22. The van der Waals surface area contributed by atoms with Gasteiger partial charge in [0.2, 0.25) is 11.8 Å². The maximum absolute atomic E-state index is 12.8. The van der Waals surface area contributed by atoms with Crippen LogP contribution in [0.5, 0.6) is 5.75 Å². The van der Waals surface area contributed by atoms with Gasteiger partial charge in [-0.15, -0.1) is 0 Å². The number of benzene rings is 2. The normalized spacial score (nSPS) is 19.5. The predicted octanol–water partition coefficient (Wildman–Crippen LogP) is 2.95. The summed E-state index contributed by atoms with van der Waals surface area (Å²) >= 11 is 0. The maximum Gasteiger partial charge on any atom is 0.338 e. The van der Waals surface area contributed by atoms with E-state index in [0.717, 1.165) is 4.90 Å². The van der Waals surface area contributed by atoms with E-state index in [0.29, 0.717) is 30.0 Å². The predicted molar refractivity (Wildman–Crippen MR) is 116 cm³/mol. The number of fused-ring (bicyclic) bond motifs is 1. The van der Waals surface area contributed by atoms with Crippen molar-refractivity contribution in [1.29, 1.82) is 0 Å². The molecule has 4 rings (SSSR count). The SMILES string of the molecule is COc1ccccc1NC(=O)COC(=O)c1cccc(N2C(=O)[C@H]3CC=CC[C@H]3C2=O)c1. The number of hydrogen-bond acceptors (Lipinski definition) is 6. The Morgan fingerprint density at radius 1 is 1.00 bits per heavy atom. The minimum Gasteiger partial charge on any atom is -0.495 e. The van der Waals surface area contributed by atoms with Crippen molar-refractivity contribution in [3.63, 3.8) is 0 Å². The molecule has 1 aliphatic heterocycles. The number of para-hydroxylation sites is 2. The summed E-state index contributed by atoms with van der Waals surface area (Å²) < 4.78 is 10.3. The minimum atomic E-state index is -0.736. The molecule has 3 amide bonds. The van der Waals surface area contributed by atoms with Crippen LogP contribution in [0.4, 0.5) is 11.4 Å². The van der Waals surface area contributed by atoms with Gasteiger partial charge in [-0.25, -0.2) is 4.79 Å². The van der Waals surface area contributed by atoms with Crippen LogP contribution < -0.4 is 15.0 Å². The molecule has 0 aromatic heterocycles. The molecule has 0 radical (unpaired) electrons. The van der Waals surface area contributed by atoms with Gasteiger partial charge in [0.15, 0.2) is 6.61 Å². The highest BCUT2D eigenvalue weighted by Crippen LogP contribution is 2.37. The quantitative estimate of drug-likeness (QED) is 0.426. The standard InChI is InChI=1S/C24H22N2O6/c1-31-20-12-5-4-11-19(20)25-21(27)14-32-24(30)15-7-6-8-16(13-15)26-22(28)17-9-2-3-10-18(17)23(26)29/h2-8,11-13,17-18H,9-10,14H2,1H3,(H,25,27)/t17-,18+. The Labute approximate surface area is 184 Å². The number of methoxy groups -OCH3 is 1. The van der Waals surface area contributed by atoms with Crippen molar-refractivity contribution in [3.8, 4) is 5.75 Å². The first-order valence-electron chi connectivity index (χ1n) is 10.2. The smallest absolute Gasteiger partial charge is 0.338 e. The molecule has 1 N–H and O–H groups in total. The number of imide groups is 1. The van der Waals surface area contributed by atoms with Crippen LogP contribution in [0.15, 0.2) is 60.7 Å². The molecule has 8 nitrogen and oxygen atoms in total. The Morgan fingerprint density at radius 2 is 1.69 bits per heavy atom. The molecule has 1 heterocycles. The molecule has 1 fully saturated rings. The summed E-state index contributed by atoms with van der Waals surface area (Å²) in [7, 11) is 1.49. The number of ether oxygens (including phenoxy) is 2. The third-order valence-corrected chi connectivity index (χ3v) is 5.56. The fourth-order valence-electron chi connectivity index (χ4n) is 3.98. The molecule has 32 heavy (non-hydrogen) atoms. The zero-order valence-electron chi connectivity index (χ0n) is 17.4. The summed E-state index contributed by atoms with van der Waals surface area (Å²) in [5, 5.41) is 2.62.